The number of aromatic amines is 1. The number of carbonyl (C=O) groups is 2. The van der Waals surface area contributed by atoms with Crippen LogP contribution in [0, 0.1) is 0 Å². The molecule has 2 amide bonds. The van der Waals surface area contributed by atoms with Crippen LogP contribution in [0.25, 0.3) is 10.9 Å². The van der Waals surface area contributed by atoms with Crippen LogP contribution in [0.5, 0.6) is 0 Å². The van der Waals surface area contributed by atoms with E-state index in [9.17, 15) is 9.59 Å². The minimum absolute atomic E-state index is 0.160. The molecule has 150 valence electrons. The van der Waals surface area contributed by atoms with Crippen LogP contribution in [0.1, 0.15) is 23.6 Å². The summed E-state index contributed by atoms with van der Waals surface area (Å²) < 4.78 is 0. The minimum Gasteiger partial charge on any atom is -0.361 e. The molecule has 0 radical (unpaired) electrons. The molecule has 0 saturated heterocycles. The molecular weight excluding hydrogens is 364 g/mol. The van der Waals surface area contributed by atoms with Gasteiger partial charge in [0.2, 0.25) is 0 Å². The molecule has 4 rings (SSSR count). The Morgan fingerprint density at radius 2 is 1.83 bits per heavy atom. The molecule has 2 heterocycles. The van der Waals surface area contributed by atoms with Gasteiger partial charge in [-0.15, -0.1) is 0 Å². The van der Waals surface area contributed by atoms with Crippen LogP contribution in [-0.2, 0) is 29.1 Å². The number of nitrogens with one attached hydrogen (secondary N) is 3. The van der Waals surface area contributed by atoms with E-state index in [-0.39, 0.29) is 6.04 Å². The van der Waals surface area contributed by atoms with Crippen molar-refractivity contribution in [2.45, 2.75) is 32.5 Å². The molecule has 29 heavy (non-hydrogen) atoms. The number of rotatable bonds is 5. The second kappa shape index (κ2) is 8.49. The van der Waals surface area contributed by atoms with E-state index >= 15 is 0 Å². The van der Waals surface area contributed by atoms with Gasteiger partial charge in [-0.2, -0.15) is 0 Å². The molecule has 3 N–H and O–H groups in total. The Morgan fingerprint density at radius 1 is 1.03 bits per heavy atom. The Hall–Kier alpha value is -3.12. The summed E-state index contributed by atoms with van der Waals surface area (Å²) in [5.74, 6) is -1.20. The molecule has 0 bridgehead atoms. The molecule has 0 aliphatic carbocycles. The van der Waals surface area contributed by atoms with Crippen LogP contribution in [0.4, 0.5) is 0 Å². The second-order valence-electron chi connectivity index (χ2n) is 7.59. The number of H-pyrrole nitrogens is 1. The molecular formula is C23H26N4O2. The van der Waals surface area contributed by atoms with Gasteiger partial charge in [-0.1, -0.05) is 42.5 Å². The molecule has 6 heteroatoms. The highest BCUT2D eigenvalue weighted by Gasteiger charge is 2.22. The van der Waals surface area contributed by atoms with Gasteiger partial charge < -0.3 is 15.6 Å². The predicted molar refractivity (Wildman–Crippen MR) is 113 cm³/mol. The fourth-order valence-electron chi connectivity index (χ4n) is 3.90. The van der Waals surface area contributed by atoms with E-state index in [1.54, 1.807) is 0 Å². The van der Waals surface area contributed by atoms with Crippen molar-refractivity contribution in [3.8, 4) is 0 Å². The zero-order chi connectivity index (χ0) is 20.2. The normalized spacial score (nSPS) is 14.9. The van der Waals surface area contributed by atoms with Crippen LogP contribution in [0.15, 0.2) is 54.7 Å². The largest absolute Gasteiger partial charge is 0.361 e. The Bertz CT molecular complexity index is 1030. The summed E-state index contributed by atoms with van der Waals surface area (Å²) in [7, 11) is 0. The van der Waals surface area contributed by atoms with E-state index < -0.39 is 11.8 Å². The van der Waals surface area contributed by atoms with Crippen molar-refractivity contribution < 1.29 is 9.59 Å². The molecule has 1 aromatic heterocycles. The minimum atomic E-state index is -0.607. The highest BCUT2D eigenvalue weighted by molar-refractivity contribution is 6.35. The van der Waals surface area contributed by atoms with Gasteiger partial charge in [-0.3, -0.25) is 14.5 Å². The van der Waals surface area contributed by atoms with Crippen molar-refractivity contribution in [3.63, 3.8) is 0 Å². The molecule has 1 unspecified atom stereocenters. The Morgan fingerprint density at radius 3 is 2.69 bits per heavy atom. The van der Waals surface area contributed by atoms with E-state index in [1.165, 1.54) is 11.1 Å². The maximum atomic E-state index is 12.2. The lowest BCUT2D eigenvalue weighted by Crippen LogP contribution is -2.47. The summed E-state index contributed by atoms with van der Waals surface area (Å²) in [5.41, 5.74) is 4.67. The SMILES string of the molecule is CC(CNC(=O)C(=O)NCc1cccc2cc[nH]c12)N1CCc2ccccc2C1. The summed E-state index contributed by atoms with van der Waals surface area (Å²) in [6.07, 6.45) is 2.88. The van der Waals surface area contributed by atoms with E-state index in [0.717, 1.165) is 36.0 Å². The molecule has 1 atom stereocenters. The third kappa shape index (κ3) is 4.32. The topological polar surface area (TPSA) is 77.2 Å². The van der Waals surface area contributed by atoms with Crippen LogP contribution < -0.4 is 10.6 Å². The first-order chi connectivity index (χ1) is 14.1. The summed E-state index contributed by atoms with van der Waals surface area (Å²) in [6, 6.07) is 16.5. The smallest absolute Gasteiger partial charge is 0.309 e. The van der Waals surface area contributed by atoms with Crippen molar-refractivity contribution in [1.82, 2.24) is 20.5 Å². The number of amides is 2. The van der Waals surface area contributed by atoms with Crippen molar-refractivity contribution in [2.75, 3.05) is 13.1 Å². The molecule has 3 aromatic rings. The number of fused-ring (bicyclic) bond motifs is 2. The molecule has 0 saturated carbocycles. The highest BCUT2D eigenvalue weighted by atomic mass is 16.2. The molecule has 1 aliphatic heterocycles. The molecule has 0 fully saturated rings. The van der Waals surface area contributed by atoms with Crippen LogP contribution >= 0.6 is 0 Å². The van der Waals surface area contributed by atoms with Crippen molar-refractivity contribution >= 4 is 22.7 Å². The van der Waals surface area contributed by atoms with Crippen LogP contribution in [0.2, 0.25) is 0 Å². The van der Waals surface area contributed by atoms with Gasteiger partial charge in [0.05, 0.1) is 5.52 Å². The maximum Gasteiger partial charge on any atom is 0.309 e. The number of aromatic nitrogens is 1. The van der Waals surface area contributed by atoms with Gasteiger partial charge in [0, 0.05) is 38.4 Å². The lowest BCUT2D eigenvalue weighted by atomic mass is 9.99. The Labute approximate surface area is 170 Å². The zero-order valence-corrected chi connectivity index (χ0v) is 16.6. The van der Waals surface area contributed by atoms with E-state index in [1.807, 2.05) is 30.5 Å². The summed E-state index contributed by atoms with van der Waals surface area (Å²) in [6.45, 7) is 4.67. The number of hydrogen-bond acceptors (Lipinski definition) is 3. The number of benzene rings is 2. The molecule has 2 aromatic carbocycles. The second-order valence-corrected chi connectivity index (χ2v) is 7.59. The van der Waals surface area contributed by atoms with Gasteiger partial charge in [0.25, 0.3) is 0 Å². The molecule has 6 nitrogen and oxygen atoms in total. The zero-order valence-electron chi connectivity index (χ0n) is 16.6. The molecule has 0 spiro atoms. The Kier molecular flexibility index (Phi) is 5.62. The van der Waals surface area contributed by atoms with Crippen LogP contribution in [-0.4, -0.2) is 40.8 Å². The van der Waals surface area contributed by atoms with E-state index in [2.05, 4.69) is 51.7 Å². The van der Waals surface area contributed by atoms with Crippen LogP contribution in [0.3, 0.4) is 0 Å². The number of carbonyl (C=O) groups excluding carboxylic acids is 2. The molecule has 1 aliphatic rings. The first-order valence-corrected chi connectivity index (χ1v) is 10.0. The predicted octanol–water partition coefficient (Wildman–Crippen LogP) is 2.35. The van der Waals surface area contributed by atoms with Gasteiger partial charge >= 0.3 is 11.8 Å². The third-order valence-corrected chi connectivity index (χ3v) is 5.66. The number of nitrogens with zero attached hydrogens (tertiary/aromatic N) is 1. The van der Waals surface area contributed by atoms with E-state index in [0.29, 0.717) is 13.1 Å². The van der Waals surface area contributed by atoms with Gasteiger partial charge in [-0.25, -0.2) is 0 Å². The third-order valence-electron chi connectivity index (χ3n) is 5.66. The van der Waals surface area contributed by atoms with Gasteiger partial charge in [0.1, 0.15) is 0 Å². The number of para-hydroxylation sites is 1. The number of hydrogen-bond donors (Lipinski definition) is 3. The van der Waals surface area contributed by atoms with E-state index in [4.69, 9.17) is 0 Å². The van der Waals surface area contributed by atoms with Crippen molar-refractivity contribution in [3.05, 3.63) is 71.4 Å². The summed E-state index contributed by atoms with van der Waals surface area (Å²) >= 11 is 0. The van der Waals surface area contributed by atoms with Gasteiger partial charge in [0.15, 0.2) is 0 Å². The van der Waals surface area contributed by atoms with Crippen molar-refractivity contribution in [1.29, 1.82) is 0 Å². The lowest BCUT2D eigenvalue weighted by Gasteiger charge is -2.33. The fraction of sp³-hybridized carbons (Fsp3) is 0.304. The average molecular weight is 390 g/mol. The van der Waals surface area contributed by atoms with Crippen molar-refractivity contribution in [2.24, 2.45) is 0 Å². The first-order valence-electron chi connectivity index (χ1n) is 10.0. The monoisotopic (exact) mass is 390 g/mol. The average Bonchev–Trinajstić information content (AvgIpc) is 3.24. The summed E-state index contributed by atoms with van der Waals surface area (Å²) in [4.78, 5) is 29.9. The fourth-order valence-corrected chi connectivity index (χ4v) is 3.90. The van der Waals surface area contributed by atoms with Gasteiger partial charge in [-0.05, 0) is 41.5 Å². The summed E-state index contributed by atoms with van der Waals surface area (Å²) in [5, 5.41) is 6.57. The standard InChI is InChI=1S/C23H26N4O2/c1-16(27-12-10-17-5-2-3-6-20(17)15-27)13-25-22(28)23(29)26-14-19-8-4-7-18-9-11-24-21(18)19/h2-9,11,16,24H,10,12-15H2,1H3,(H,25,28)(H,26,29). The maximum absolute atomic E-state index is 12.2. The lowest BCUT2D eigenvalue weighted by molar-refractivity contribution is -0.139. The first kappa shape index (κ1) is 19.2. The quantitative estimate of drug-likeness (QED) is 0.585. The Balaban J connectivity index is 1.26. The highest BCUT2D eigenvalue weighted by Crippen LogP contribution is 2.20.